The lowest BCUT2D eigenvalue weighted by Gasteiger charge is -2.24. The Labute approximate surface area is 115 Å². The zero-order valence-corrected chi connectivity index (χ0v) is 11.3. The summed E-state index contributed by atoms with van der Waals surface area (Å²) in [5, 5.41) is 0. The first-order chi connectivity index (χ1) is 9.37. The van der Waals surface area contributed by atoms with E-state index in [0.29, 0.717) is 18.8 Å². The Morgan fingerprint density at radius 2 is 1.75 bits per heavy atom. The molecule has 1 aromatic carbocycles. The van der Waals surface area contributed by atoms with Gasteiger partial charge in [0.25, 0.3) is 0 Å². The fourth-order valence-corrected chi connectivity index (χ4v) is 1.66. The average molecular weight is 293 g/mol. The van der Waals surface area contributed by atoms with Crippen molar-refractivity contribution >= 4 is 0 Å². The third kappa shape index (κ3) is 5.36. The normalized spacial score (nSPS) is 13.6. The average Bonchev–Trinajstić information content (AvgIpc) is 2.36. The lowest BCUT2D eigenvalue weighted by atomic mass is 10.1. The van der Waals surface area contributed by atoms with Gasteiger partial charge in [-0.15, -0.1) is 13.2 Å². The van der Waals surface area contributed by atoms with E-state index in [1.54, 1.807) is 19.9 Å². The highest BCUT2D eigenvalue weighted by molar-refractivity contribution is 5.30. The molecule has 20 heavy (non-hydrogen) atoms. The molecule has 0 heterocycles. The Morgan fingerprint density at radius 1 is 1.15 bits per heavy atom. The lowest BCUT2D eigenvalue weighted by Crippen LogP contribution is -2.31. The van der Waals surface area contributed by atoms with E-state index in [4.69, 9.17) is 15.2 Å². The number of alkyl halides is 3. The zero-order chi connectivity index (χ0) is 15.2. The Hall–Kier alpha value is -1.31. The Balaban J connectivity index is 2.86. The summed E-state index contributed by atoms with van der Waals surface area (Å²) < 4.78 is 51.0. The quantitative estimate of drug-likeness (QED) is 0.785. The summed E-state index contributed by atoms with van der Waals surface area (Å²) in [6, 6.07) is 4.76. The van der Waals surface area contributed by atoms with Gasteiger partial charge in [0.2, 0.25) is 0 Å². The van der Waals surface area contributed by atoms with Gasteiger partial charge in [0.05, 0.1) is 6.04 Å². The van der Waals surface area contributed by atoms with E-state index in [1.807, 2.05) is 0 Å². The smallest absolute Gasteiger partial charge is 0.406 e. The van der Waals surface area contributed by atoms with Crippen molar-refractivity contribution in [2.45, 2.75) is 32.5 Å². The summed E-state index contributed by atoms with van der Waals surface area (Å²) in [6.45, 7) is 4.33. The molecule has 0 aliphatic rings. The van der Waals surface area contributed by atoms with E-state index in [1.165, 1.54) is 18.2 Å². The van der Waals surface area contributed by atoms with E-state index in [9.17, 15) is 13.2 Å². The van der Waals surface area contributed by atoms with Crippen LogP contribution in [0.15, 0.2) is 24.3 Å². The van der Waals surface area contributed by atoms with Gasteiger partial charge in [-0.25, -0.2) is 0 Å². The molecule has 0 radical (unpaired) electrons. The van der Waals surface area contributed by atoms with E-state index in [-0.39, 0.29) is 5.75 Å². The molecule has 0 aromatic heterocycles. The monoisotopic (exact) mass is 293 g/mol. The van der Waals surface area contributed by atoms with Crippen LogP contribution in [-0.4, -0.2) is 25.9 Å². The zero-order valence-electron chi connectivity index (χ0n) is 11.3. The van der Waals surface area contributed by atoms with Gasteiger partial charge in [0.1, 0.15) is 5.75 Å². The van der Waals surface area contributed by atoms with Crippen LogP contribution in [0.2, 0.25) is 0 Å². The van der Waals surface area contributed by atoms with Gasteiger partial charge in [0, 0.05) is 13.2 Å². The van der Waals surface area contributed by atoms with Crippen LogP contribution in [0.5, 0.6) is 5.75 Å². The third-order valence-electron chi connectivity index (χ3n) is 2.43. The molecular weight excluding hydrogens is 275 g/mol. The van der Waals surface area contributed by atoms with Gasteiger partial charge in [-0.1, -0.05) is 12.1 Å². The molecule has 0 spiro atoms. The third-order valence-corrected chi connectivity index (χ3v) is 2.43. The molecule has 1 aromatic rings. The SMILES string of the molecule is CCOC(OCC)C(N)c1cccc(OC(F)(F)F)c1. The Bertz CT molecular complexity index is 406. The topological polar surface area (TPSA) is 53.7 Å². The number of ether oxygens (including phenoxy) is 3. The Kier molecular flexibility index (Phi) is 6.25. The Morgan fingerprint density at radius 3 is 2.25 bits per heavy atom. The van der Waals surface area contributed by atoms with E-state index >= 15 is 0 Å². The molecule has 0 aliphatic carbocycles. The second kappa shape index (κ2) is 7.47. The molecule has 0 bridgehead atoms. The fraction of sp³-hybridized carbons (Fsp3) is 0.538. The molecule has 114 valence electrons. The second-order valence-corrected chi connectivity index (χ2v) is 3.93. The van der Waals surface area contributed by atoms with Gasteiger partial charge in [-0.3, -0.25) is 0 Å². The number of nitrogens with two attached hydrogens (primary N) is 1. The van der Waals surface area contributed by atoms with Gasteiger partial charge in [0.15, 0.2) is 6.29 Å². The van der Waals surface area contributed by atoms with Crippen molar-refractivity contribution in [2.75, 3.05) is 13.2 Å². The molecule has 1 atom stereocenters. The molecule has 0 aliphatic heterocycles. The summed E-state index contributed by atoms with van der Waals surface area (Å²) in [5.74, 6) is -0.322. The first-order valence-electron chi connectivity index (χ1n) is 6.21. The fourth-order valence-electron chi connectivity index (χ4n) is 1.66. The number of benzene rings is 1. The summed E-state index contributed by atoms with van der Waals surface area (Å²) in [5.41, 5.74) is 6.40. The predicted molar refractivity (Wildman–Crippen MR) is 67.1 cm³/mol. The summed E-state index contributed by atoms with van der Waals surface area (Å²) in [6.07, 6.45) is -5.45. The minimum absolute atomic E-state index is 0.322. The predicted octanol–water partition coefficient (Wildman–Crippen LogP) is 2.98. The first-order valence-corrected chi connectivity index (χ1v) is 6.21. The van der Waals surface area contributed by atoms with Gasteiger partial charge < -0.3 is 19.9 Å². The molecule has 7 heteroatoms. The van der Waals surface area contributed by atoms with Crippen LogP contribution in [0, 0.1) is 0 Å². The molecule has 0 amide bonds. The van der Waals surface area contributed by atoms with E-state index in [0.717, 1.165) is 0 Å². The van der Waals surface area contributed by atoms with Crippen LogP contribution in [-0.2, 0) is 9.47 Å². The number of halogens is 3. The molecular formula is C13H18F3NO3. The number of hydrogen-bond acceptors (Lipinski definition) is 4. The highest BCUT2D eigenvalue weighted by Crippen LogP contribution is 2.26. The van der Waals surface area contributed by atoms with Crippen LogP contribution >= 0.6 is 0 Å². The molecule has 0 saturated heterocycles. The van der Waals surface area contributed by atoms with Crippen molar-refractivity contribution in [3.05, 3.63) is 29.8 Å². The van der Waals surface area contributed by atoms with Crippen molar-refractivity contribution < 1.29 is 27.4 Å². The van der Waals surface area contributed by atoms with E-state index < -0.39 is 18.7 Å². The molecule has 2 N–H and O–H groups in total. The van der Waals surface area contributed by atoms with Crippen molar-refractivity contribution in [3.63, 3.8) is 0 Å². The van der Waals surface area contributed by atoms with Crippen LogP contribution in [0.3, 0.4) is 0 Å². The van der Waals surface area contributed by atoms with Crippen molar-refractivity contribution in [3.8, 4) is 5.75 Å². The van der Waals surface area contributed by atoms with Gasteiger partial charge in [-0.2, -0.15) is 0 Å². The minimum atomic E-state index is -4.73. The second-order valence-electron chi connectivity index (χ2n) is 3.93. The van der Waals surface area contributed by atoms with Crippen molar-refractivity contribution in [1.29, 1.82) is 0 Å². The maximum absolute atomic E-state index is 12.2. The highest BCUT2D eigenvalue weighted by Gasteiger charge is 2.31. The molecule has 0 saturated carbocycles. The highest BCUT2D eigenvalue weighted by atomic mass is 19.4. The van der Waals surface area contributed by atoms with Gasteiger partial charge in [-0.05, 0) is 31.5 Å². The van der Waals surface area contributed by atoms with Crippen molar-refractivity contribution in [1.82, 2.24) is 0 Å². The molecule has 1 rings (SSSR count). The summed E-state index contributed by atoms with van der Waals surface area (Å²) >= 11 is 0. The first kappa shape index (κ1) is 16.7. The molecule has 4 nitrogen and oxygen atoms in total. The van der Waals surface area contributed by atoms with Gasteiger partial charge >= 0.3 is 6.36 Å². The lowest BCUT2D eigenvalue weighted by molar-refractivity contribution is -0.274. The van der Waals surface area contributed by atoms with Crippen molar-refractivity contribution in [2.24, 2.45) is 5.73 Å². The molecule has 1 unspecified atom stereocenters. The van der Waals surface area contributed by atoms with Crippen LogP contribution in [0.25, 0.3) is 0 Å². The number of hydrogen-bond donors (Lipinski definition) is 1. The number of rotatable bonds is 7. The van der Waals surface area contributed by atoms with Crippen LogP contribution < -0.4 is 10.5 Å². The summed E-state index contributed by atoms with van der Waals surface area (Å²) in [4.78, 5) is 0. The minimum Gasteiger partial charge on any atom is -0.406 e. The van der Waals surface area contributed by atoms with E-state index in [2.05, 4.69) is 4.74 Å². The maximum atomic E-state index is 12.2. The van der Waals surface area contributed by atoms with Crippen LogP contribution in [0.4, 0.5) is 13.2 Å². The largest absolute Gasteiger partial charge is 0.573 e. The van der Waals surface area contributed by atoms with Crippen LogP contribution in [0.1, 0.15) is 25.5 Å². The molecule has 0 fully saturated rings. The summed E-state index contributed by atoms with van der Waals surface area (Å²) in [7, 11) is 0. The maximum Gasteiger partial charge on any atom is 0.573 e. The standard InChI is InChI=1S/C13H18F3NO3/c1-3-18-12(19-4-2)11(17)9-6-5-7-10(8-9)20-13(14,15)16/h5-8,11-12H,3-4,17H2,1-2H3.